The van der Waals surface area contributed by atoms with Crippen LogP contribution in [0.1, 0.15) is 42.0 Å². The average molecular weight is 253 g/mol. The summed E-state index contributed by atoms with van der Waals surface area (Å²) in [5.41, 5.74) is 8.16. The van der Waals surface area contributed by atoms with Crippen molar-refractivity contribution in [3.8, 4) is 0 Å². The third-order valence-electron chi connectivity index (χ3n) is 3.01. The Morgan fingerprint density at radius 1 is 1.39 bits per heavy atom. The molecule has 4 heteroatoms. The molecule has 0 spiro atoms. The summed E-state index contributed by atoms with van der Waals surface area (Å²) in [4.78, 5) is 11.0. The van der Waals surface area contributed by atoms with E-state index < -0.39 is 0 Å². The van der Waals surface area contributed by atoms with Crippen LogP contribution in [0, 0.1) is 19.7 Å². The van der Waals surface area contributed by atoms with Crippen molar-refractivity contribution in [2.24, 2.45) is 5.73 Å². The van der Waals surface area contributed by atoms with Crippen molar-refractivity contribution in [3.05, 3.63) is 34.6 Å². The Morgan fingerprint density at radius 2 is 1.94 bits per heavy atom. The van der Waals surface area contributed by atoms with Crippen molar-refractivity contribution in [1.29, 1.82) is 0 Å². The van der Waals surface area contributed by atoms with E-state index in [0.717, 1.165) is 5.56 Å². The van der Waals surface area contributed by atoms with Crippen molar-refractivity contribution in [1.82, 2.24) is 0 Å². The molecule has 2 N–H and O–H groups in total. The molecule has 1 atom stereocenters. The minimum absolute atomic E-state index is 0.173. The molecule has 1 aromatic rings. The van der Waals surface area contributed by atoms with E-state index in [1.807, 2.05) is 0 Å². The third-order valence-corrected chi connectivity index (χ3v) is 3.01. The number of hydrogen-bond donors (Lipinski definition) is 1. The van der Waals surface area contributed by atoms with E-state index in [4.69, 9.17) is 5.73 Å². The lowest BCUT2D eigenvalue weighted by atomic mass is 9.97. The minimum Gasteiger partial charge on any atom is -0.469 e. The van der Waals surface area contributed by atoms with Crippen LogP contribution in [-0.2, 0) is 9.53 Å². The summed E-state index contributed by atoms with van der Waals surface area (Å²) in [6, 6.07) is 3.36. The summed E-state index contributed by atoms with van der Waals surface area (Å²) < 4.78 is 18.0. The number of nitrogens with two attached hydrogens (primary N) is 1. The Kier molecular flexibility index (Phi) is 5.28. The fourth-order valence-electron chi connectivity index (χ4n) is 1.93. The van der Waals surface area contributed by atoms with E-state index in [1.54, 1.807) is 26.0 Å². The van der Waals surface area contributed by atoms with Gasteiger partial charge in [-0.15, -0.1) is 0 Å². The van der Waals surface area contributed by atoms with E-state index in [9.17, 15) is 9.18 Å². The number of methoxy groups -OCH3 is 1. The zero-order valence-corrected chi connectivity index (χ0v) is 11.1. The molecular weight excluding hydrogens is 233 g/mol. The number of halogens is 1. The molecule has 0 aliphatic carbocycles. The van der Waals surface area contributed by atoms with Crippen LogP contribution >= 0.6 is 0 Å². The molecule has 0 amide bonds. The van der Waals surface area contributed by atoms with Gasteiger partial charge in [0.2, 0.25) is 0 Å². The molecule has 0 fully saturated rings. The lowest BCUT2D eigenvalue weighted by molar-refractivity contribution is -0.140. The zero-order valence-electron chi connectivity index (χ0n) is 11.1. The first kappa shape index (κ1) is 14.6. The number of aryl methyl sites for hydroxylation is 2. The zero-order chi connectivity index (χ0) is 13.7. The van der Waals surface area contributed by atoms with Gasteiger partial charge in [0.15, 0.2) is 0 Å². The maximum atomic E-state index is 13.5. The number of carbonyl (C=O) groups excluding carboxylic acids is 1. The molecular formula is C14H20FNO2. The maximum Gasteiger partial charge on any atom is 0.305 e. The molecule has 1 unspecified atom stereocenters. The van der Waals surface area contributed by atoms with Gasteiger partial charge in [0.25, 0.3) is 0 Å². The first-order valence-corrected chi connectivity index (χ1v) is 6.04. The SMILES string of the molecule is COC(=O)CCCC(N)c1cc(C)c(F)c(C)c1. The molecule has 1 rings (SSSR count). The molecule has 0 heterocycles. The van der Waals surface area contributed by atoms with E-state index in [0.29, 0.717) is 30.4 Å². The van der Waals surface area contributed by atoms with Gasteiger partial charge in [-0.05, 0) is 43.4 Å². The van der Waals surface area contributed by atoms with Crippen LogP contribution in [0.25, 0.3) is 0 Å². The van der Waals surface area contributed by atoms with Crippen LogP contribution < -0.4 is 5.73 Å². The van der Waals surface area contributed by atoms with Crippen LogP contribution in [0.5, 0.6) is 0 Å². The first-order chi connectivity index (χ1) is 8.45. The molecule has 1 aromatic carbocycles. The van der Waals surface area contributed by atoms with Crippen molar-refractivity contribution in [2.75, 3.05) is 7.11 Å². The molecule has 0 saturated carbocycles. The van der Waals surface area contributed by atoms with E-state index in [1.165, 1.54) is 7.11 Å². The highest BCUT2D eigenvalue weighted by atomic mass is 19.1. The van der Waals surface area contributed by atoms with Crippen LogP contribution in [0.15, 0.2) is 12.1 Å². The molecule has 0 radical (unpaired) electrons. The largest absolute Gasteiger partial charge is 0.469 e. The standard InChI is InChI=1S/C14H20FNO2/c1-9-7-11(8-10(2)14(9)15)12(16)5-4-6-13(17)18-3/h7-8,12H,4-6,16H2,1-3H3. The second-order valence-corrected chi connectivity index (χ2v) is 4.54. The van der Waals surface area contributed by atoms with Crippen molar-refractivity contribution >= 4 is 5.97 Å². The Morgan fingerprint density at radius 3 is 2.44 bits per heavy atom. The van der Waals surface area contributed by atoms with Gasteiger partial charge in [0.1, 0.15) is 5.82 Å². The van der Waals surface area contributed by atoms with E-state index in [2.05, 4.69) is 4.74 Å². The number of carbonyl (C=O) groups is 1. The monoisotopic (exact) mass is 253 g/mol. The number of benzene rings is 1. The highest BCUT2D eigenvalue weighted by Crippen LogP contribution is 2.22. The Labute approximate surface area is 107 Å². The molecule has 0 aliphatic rings. The second kappa shape index (κ2) is 6.50. The predicted molar refractivity (Wildman–Crippen MR) is 68.7 cm³/mol. The highest BCUT2D eigenvalue weighted by Gasteiger charge is 2.11. The number of ether oxygens (including phenoxy) is 1. The summed E-state index contributed by atoms with van der Waals surface area (Å²) in [5.74, 6) is -0.408. The lowest BCUT2D eigenvalue weighted by Gasteiger charge is -2.14. The van der Waals surface area contributed by atoms with Gasteiger partial charge in [-0.25, -0.2) is 4.39 Å². The van der Waals surface area contributed by atoms with Gasteiger partial charge in [0, 0.05) is 12.5 Å². The Bertz CT molecular complexity index is 409. The third kappa shape index (κ3) is 3.81. The number of hydrogen-bond acceptors (Lipinski definition) is 3. The molecule has 3 nitrogen and oxygen atoms in total. The Balaban J connectivity index is 2.62. The van der Waals surface area contributed by atoms with Gasteiger partial charge in [-0.2, -0.15) is 0 Å². The molecule has 0 aliphatic heterocycles. The van der Waals surface area contributed by atoms with Gasteiger partial charge in [0.05, 0.1) is 7.11 Å². The van der Waals surface area contributed by atoms with Gasteiger partial charge in [-0.3, -0.25) is 4.79 Å². The minimum atomic E-state index is -0.228. The van der Waals surface area contributed by atoms with Crippen molar-refractivity contribution < 1.29 is 13.9 Å². The van der Waals surface area contributed by atoms with Gasteiger partial charge in [-0.1, -0.05) is 12.1 Å². The van der Waals surface area contributed by atoms with Crippen LogP contribution in [0.4, 0.5) is 4.39 Å². The van der Waals surface area contributed by atoms with Crippen molar-refractivity contribution in [2.45, 2.75) is 39.2 Å². The molecule has 100 valence electrons. The summed E-state index contributed by atoms with van der Waals surface area (Å²) >= 11 is 0. The number of esters is 1. The first-order valence-electron chi connectivity index (χ1n) is 6.04. The average Bonchev–Trinajstić information content (AvgIpc) is 2.34. The second-order valence-electron chi connectivity index (χ2n) is 4.54. The van der Waals surface area contributed by atoms with Gasteiger partial charge < -0.3 is 10.5 Å². The van der Waals surface area contributed by atoms with E-state index in [-0.39, 0.29) is 17.8 Å². The number of rotatable bonds is 5. The normalized spacial score (nSPS) is 12.3. The molecule has 0 aromatic heterocycles. The fourth-order valence-corrected chi connectivity index (χ4v) is 1.93. The topological polar surface area (TPSA) is 52.3 Å². The quantitative estimate of drug-likeness (QED) is 0.821. The molecule has 0 bridgehead atoms. The van der Waals surface area contributed by atoms with Crippen LogP contribution in [-0.4, -0.2) is 13.1 Å². The van der Waals surface area contributed by atoms with Gasteiger partial charge >= 0.3 is 5.97 Å². The predicted octanol–water partition coefficient (Wildman–Crippen LogP) is 2.79. The smallest absolute Gasteiger partial charge is 0.305 e. The lowest BCUT2D eigenvalue weighted by Crippen LogP contribution is -2.12. The van der Waals surface area contributed by atoms with Crippen molar-refractivity contribution in [3.63, 3.8) is 0 Å². The van der Waals surface area contributed by atoms with Crippen LogP contribution in [0.3, 0.4) is 0 Å². The fraction of sp³-hybridized carbons (Fsp3) is 0.500. The summed E-state index contributed by atoms with van der Waals surface area (Å²) in [6.45, 7) is 3.46. The summed E-state index contributed by atoms with van der Waals surface area (Å²) in [7, 11) is 1.37. The maximum absolute atomic E-state index is 13.5. The molecule has 0 saturated heterocycles. The summed E-state index contributed by atoms with van der Waals surface area (Å²) in [6.07, 6.45) is 1.71. The Hall–Kier alpha value is -1.42. The molecule has 18 heavy (non-hydrogen) atoms. The van der Waals surface area contributed by atoms with Crippen LogP contribution in [0.2, 0.25) is 0 Å². The van der Waals surface area contributed by atoms with E-state index >= 15 is 0 Å². The highest BCUT2D eigenvalue weighted by molar-refractivity contribution is 5.69. The summed E-state index contributed by atoms with van der Waals surface area (Å²) in [5, 5.41) is 0.